The number of esters is 1. The summed E-state index contributed by atoms with van der Waals surface area (Å²) in [6.45, 7) is 9.69. The number of aromatic nitrogens is 1. The zero-order chi connectivity index (χ0) is 14.0. The molecule has 4 nitrogen and oxygen atoms in total. The van der Waals surface area contributed by atoms with Crippen molar-refractivity contribution in [2.24, 2.45) is 0 Å². The van der Waals surface area contributed by atoms with Gasteiger partial charge in [-0.1, -0.05) is 0 Å². The molecule has 106 valence electrons. The molecule has 0 saturated carbocycles. The molecular formula is C14H22N2O2S. The van der Waals surface area contributed by atoms with Crippen LogP contribution in [0.5, 0.6) is 0 Å². The van der Waals surface area contributed by atoms with E-state index in [2.05, 4.69) is 25.7 Å². The summed E-state index contributed by atoms with van der Waals surface area (Å²) in [7, 11) is 0. The highest BCUT2D eigenvalue weighted by Crippen LogP contribution is 2.40. The lowest BCUT2D eigenvalue weighted by Gasteiger charge is -2.24. The third-order valence-electron chi connectivity index (χ3n) is 3.49. The Kier molecular flexibility index (Phi) is 4.45. The monoisotopic (exact) mass is 282 g/mol. The number of carbonyl (C=O) groups excluding carboxylic acids is 1. The van der Waals surface area contributed by atoms with Gasteiger partial charge in [-0.15, -0.1) is 11.3 Å². The van der Waals surface area contributed by atoms with Crippen LogP contribution in [-0.4, -0.2) is 30.1 Å². The van der Waals surface area contributed by atoms with Gasteiger partial charge in [-0.05, 0) is 40.5 Å². The van der Waals surface area contributed by atoms with Crippen molar-refractivity contribution in [2.75, 3.05) is 18.1 Å². The van der Waals surface area contributed by atoms with Gasteiger partial charge in [0.1, 0.15) is 5.92 Å². The van der Waals surface area contributed by atoms with Crippen molar-refractivity contribution in [1.29, 1.82) is 0 Å². The first kappa shape index (κ1) is 14.3. The second-order valence-electron chi connectivity index (χ2n) is 5.03. The first-order chi connectivity index (χ1) is 9.08. The molecule has 1 heterocycles. The van der Waals surface area contributed by atoms with Crippen LogP contribution >= 0.6 is 11.3 Å². The number of thiazole rings is 1. The molecule has 0 bridgehead atoms. The predicted molar refractivity (Wildman–Crippen MR) is 78.0 cm³/mol. The zero-order valence-corrected chi connectivity index (χ0v) is 12.9. The Balaban J connectivity index is 2.22. The van der Waals surface area contributed by atoms with Gasteiger partial charge >= 0.3 is 5.97 Å². The van der Waals surface area contributed by atoms with Crippen molar-refractivity contribution in [3.8, 4) is 0 Å². The number of nitrogens with zero attached hydrogens (tertiary/aromatic N) is 2. The smallest absolute Gasteiger partial charge is 0.315 e. The van der Waals surface area contributed by atoms with Crippen LogP contribution in [0.3, 0.4) is 0 Å². The lowest BCUT2D eigenvalue weighted by molar-refractivity contribution is -0.145. The van der Waals surface area contributed by atoms with Crippen molar-refractivity contribution in [3.63, 3.8) is 0 Å². The molecule has 1 atom stereocenters. The molecule has 2 rings (SSSR count). The Bertz CT molecular complexity index is 456. The third-order valence-corrected chi connectivity index (χ3v) is 4.66. The molecule has 0 fully saturated rings. The van der Waals surface area contributed by atoms with Crippen LogP contribution in [0.2, 0.25) is 0 Å². The fourth-order valence-corrected chi connectivity index (χ4v) is 3.86. The number of fused-ring (bicyclic) bond motifs is 1. The summed E-state index contributed by atoms with van der Waals surface area (Å²) in [5.41, 5.74) is 0.956. The van der Waals surface area contributed by atoms with E-state index in [-0.39, 0.29) is 11.9 Å². The average Bonchev–Trinajstić information content (AvgIpc) is 2.89. The van der Waals surface area contributed by atoms with Crippen molar-refractivity contribution < 1.29 is 9.53 Å². The van der Waals surface area contributed by atoms with E-state index in [4.69, 9.17) is 9.72 Å². The number of ether oxygens (including phenoxy) is 1. The SMILES string of the molecule is CCOC(=O)C1CCc2sc(N(CC)C(C)C)nc21. The minimum Gasteiger partial charge on any atom is -0.465 e. The van der Waals surface area contributed by atoms with Gasteiger partial charge in [-0.25, -0.2) is 4.98 Å². The summed E-state index contributed by atoms with van der Waals surface area (Å²) in [6.07, 6.45) is 1.80. The van der Waals surface area contributed by atoms with E-state index in [0.717, 1.165) is 30.2 Å². The fourth-order valence-electron chi connectivity index (χ4n) is 2.53. The Morgan fingerprint density at radius 2 is 2.26 bits per heavy atom. The van der Waals surface area contributed by atoms with Gasteiger partial charge < -0.3 is 9.64 Å². The average molecular weight is 282 g/mol. The maximum absolute atomic E-state index is 11.9. The molecule has 19 heavy (non-hydrogen) atoms. The summed E-state index contributed by atoms with van der Waals surface area (Å²) in [5, 5.41) is 1.04. The maximum atomic E-state index is 11.9. The van der Waals surface area contributed by atoms with Crippen LogP contribution < -0.4 is 4.90 Å². The minimum absolute atomic E-state index is 0.120. The van der Waals surface area contributed by atoms with E-state index in [1.54, 1.807) is 11.3 Å². The standard InChI is InChI=1S/C14H22N2O2S/c1-5-16(9(3)4)14-15-12-10(13(17)18-6-2)7-8-11(12)19-14/h9-10H,5-8H2,1-4H3. The number of anilines is 1. The van der Waals surface area contributed by atoms with E-state index in [1.807, 2.05) is 6.92 Å². The number of hydrogen-bond donors (Lipinski definition) is 0. The summed E-state index contributed by atoms with van der Waals surface area (Å²) in [6, 6.07) is 0.428. The zero-order valence-electron chi connectivity index (χ0n) is 12.1. The molecule has 0 amide bonds. The second kappa shape index (κ2) is 5.90. The van der Waals surface area contributed by atoms with Crippen molar-refractivity contribution in [2.45, 2.75) is 52.5 Å². The van der Waals surface area contributed by atoms with Crippen LogP contribution in [0.4, 0.5) is 5.13 Å². The summed E-state index contributed by atoms with van der Waals surface area (Å²) >= 11 is 1.73. The predicted octanol–water partition coefficient (Wildman–Crippen LogP) is 2.97. The molecule has 0 aromatic carbocycles. The van der Waals surface area contributed by atoms with Gasteiger partial charge in [-0.2, -0.15) is 0 Å². The molecule has 1 unspecified atom stereocenters. The molecular weight excluding hydrogens is 260 g/mol. The van der Waals surface area contributed by atoms with Crippen molar-refractivity contribution >= 4 is 22.4 Å². The molecule has 0 spiro atoms. The van der Waals surface area contributed by atoms with Crippen LogP contribution in [0, 0.1) is 0 Å². The molecule has 1 aliphatic carbocycles. The van der Waals surface area contributed by atoms with Crippen LogP contribution in [0.25, 0.3) is 0 Å². The highest BCUT2D eigenvalue weighted by Gasteiger charge is 2.34. The second-order valence-corrected chi connectivity index (χ2v) is 6.09. The molecule has 0 radical (unpaired) electrons. The van der Waals surface area contributed by atoms with Gasteiger partial charge in [0, 0.05) is 17.5 Å². The maximum Gasteiger partial charge on any atom is 0.315 e. The third kappa shape index (κ3) is 2.76. The molecule has 0 N–H and O–H groups in total. The summed E-state index contributed by atoms with van der Waals surface area (Å²) in [4.78, 5) is 20.2. The molecule has 0 aliphatic heterocycles. The molecule has 1 aromatic rings. The first-order valence-electron chi connectivity index (χ1n) is 7.01. The number of hydrogen-bond acceptors (Lipinski definition) is 5. The van der Waals surface area contributed by atoms with Gasteiger partial charge in [0.2, 0.25) is 0 Å². The van der Waals surface area contributed by atoms with Crippen LogP contribution in [-0.2, 0) is 16.0 Å². The van der Waals surface area contributed by atoms with Crippen molar-refractivity contribution in [1.82, 2.24) is 4.98 Å². The molecule has 1 aliphatic rings. The van der Waals surface area contributed by atoms with E-state index in [0.29, 0.717) is 12.6 Å². The minimum atomic E-state index is -0.147. The number of carbonyl (C=O) groups is 1. The summed E-state index contributed by atoms with van der Waals surface area (Å²) < 4.78 is 5.14. The molecule has 0 saturated heterocycles. The van der Waals surface area contributed by atoms with Gasteiger partial charge in [0.25, 0.3) is 0 Å². The Morgan fingerprint density at radius 3 is 2.84 bits per heavy atom. The van der Waals surface area contributed by atoms with E-state index in [9.17, 15) is 4.79 Å². The topological polar surface area (TPSA) is 42.4 Å². The highest BCUT2D eigenvalue weighted by molar-refractivity contribution is 7.15. The van der Waals surface area contributed by atoms with Crippen LogP contribution in [0.1, 0.15) is 50.6 Å². The largest absolute Gasteiger partial charge is 0.465 e. The van der Waals surface area contributed by atoms with E-state index in [1.165, 1.54) is 4.88 Å². The Hall–Kier alpha value is -1.10. The van der Waals surface area contributed by atoms with Gasteiger partial charge in [-0.3, -0.25) is 4.79 Å². The van der Waals surface area contributed by atoms with E-state index >= 15 is 0 Å². The Labute approximate surface area is 118 Å². The van der Waals surface area contributed by atoms with Crippen molar-refractivity contribution in [3.05, 3.63) is 10.6 Å². The highest BCUT2D eigenvalue weighted by atomic mass is 32.1. The summed E-state index contributed by atoms with van der Waals surface area (Å²) in [5.74, 6) is -0.267. The normalized spacial score (nSPS) is 17.6. The van der Waals surface area contributed by atoms with Gasteiger partial charge in [0.05, 0.1) is 12.3 Å². The molecule has 1 aromatic heterocycles. The quantitative estimate of drug-likeness (QED) is 0.779. The number of aryl methyl sites for hydroxylation is 1. The van der Waals surface area contributed by atoms with E-state index < -0.39 is 0 Å². The van der Waals surface area contributed by atoms with Crippen LogP contribution in [0.15, 0.2) is 0 Å². The molecule has 5 heteroatoms. The Morgan fingerprint density at radius 1 is 1.53 bits per heavy atom. The fraction of sp³-hybridized carbons (Fsp3) is 0.714. The lowest BCUT2D eigenvalue weighted by atomic mass is 10.1. The lowest BCUT2D eigenvalue weighted by Crippen LogP contribution is -2.30. The van der Waals surface area contributed by atoms with Gasteiger partial charge in [0.15, 0.2) is 5.13 Å². The first-order valence-corrected chi connectivity index (χ1v) is 7.82. The number of rotatable bonds is 5.